The van der Waals surface area contributed by atoms with Crippen molar-refractivity contribution in [2.24, 2.45) is 4.99 Å². The van der Waals surface area contributed by atoms with E-state index >= 15 is 0 Å². The van der Waals surface area contributed by atoms with E-state index in [4.69, 9.17) is 0 Å². The summed E-state index contributed by atoms with van der Waals surface area (Å²) >= 11 is 1.67. The van der Waals surface area contributed by atoms with Gasteiger partial charge in [-0.2, -0.15) is 13.2 Å². The van der Waals surface area contributed by atoms with Crippen LogP contribution in [-0.2, 0) is 13.0 Å². The molecule has 0 aliphatic heterocycles. The van der Waals surface area contributed by atoms with Gasteiger partial charge in [0.25, 0.3) is 0 Å². The van der Waals surface area contributed by atoms with Gasteiger partial charge in [0.05, 0.1) is 5.01 Å². The van der Waals surface area contributed by atoms with Gasteiger partial charge < -0.3 is 15.4 Å². The van der Waals surface area contributed by atoms with Crippen LogP contribution in [-0.4, -0.2) is 37.3 Å². The van der Waals surface area contributed by atoms with Gasteiger partial charge >= 0.3 is 6.18 Å². The zero-order valence-corrected chi connectivity index (χ0v) is 16.1. The quantitative estimate of drug-likeness (QED) is 0.403. The maximum atomic E-state index is 12.1. The lowest BCUT2D eigenvalue weighted by molar-refractivity contribution is -0.153. The summed E-state index contributed by atoms with van der Waals surface area (Å²) in [6, 6.07) is 6.48. The SMILES string of the molecule is CN=C(NCCCc1nc(C)cs1)NCc1ccc(OCC(F)(F)F)cc1. The van der Waals surface area contributed by atoms with Gasteiger partial charge in [0, 0.05) is 37.6 Å². The molecule has 2 rings (SSSR count). The van der Waals surface area contributed by atoms with Crippen molar-refractivity contribution in [3.05, 3.63) is 45.9 Å². The second-order valence-electron chi connectivity index (χ2n) is 5.89. The van der Waals surface area contributed by atoms with Crippen molar-refractivity contribution in [1.82, 2.24) is 15.6 Å². The fourth-order valence-electron chi connectivity index (χ4n) is 2.24. The Morgan fingerprint density at radius 1 is 1.22 bits per heavy atom. The minimum Gasteiger partial charge on any atom is -0.484 e. The Kier molecular flexibility index (Phi) is 7.90. The van der Waals surface area contributed by atoms with Crippen molar-refractivity contribution in [2.75, 3.05) is 20.2 Å². The van der Waals surface area contributed by atoms with Crippen LogP contribution in [0.2, 0.25) is 0 Å². The number of nitrogens with one attached hydrogen (secondary N) is 2. The highest BCUT2D eigenvalue weighted by atomic mass is 32.1. The van der Waals surface area contributed by atoms with Gasteiger partial charge in [-0.1, -0.05) is 12.1 Å². The lowest BCUT2D eigenvalue weighted by atomic mass is 10.2. The summed E-state index contributed by atoms with van der Waals surface area (Å²) in [5.41, 5.74) is 1.96. The first-order valence-electron chi connectivity index (χ1n) is 8.50. The molecule has 0 radical (unpaired) electrons. The number of aliphatic imine (C=N–C) groups is 1. The van der Waals surface area contributed by atoms with Crippen LogP contribution in [0.4, 0.5) is 13.2 Å². The monoisotopic (exact) mass is 400 g/mol. The van der Waals surface area contributed by atoms with Gasteiger partial charge in [-0.3, -0.25) is 4.99 Å². The Morgan fingerprint density at radius 3 is 2.56 bits per heavy atom. The van der Waals surface area contributed by atoms with E-state index in [1.807, 2.05) is 12.3 Å². The minimum absolute atomic E-state index is 0.191. The van der Waals surface area contributed by atoms with Crippen LogP contribution in [0, 0.1) is 6.92 Å². The molecule has 0 saturated heterocycles. The van der Waals surface area contributed by atoms with Gasteiger partial charge in [-0.15, -0.1) is 11.3 Å². The molecule has 1 aromatic heterocycles. The molecule has 0 aliphatic rings. The summed E-state index contributed by atoms with van der Waals surface area (Å²) in [6.45, 7) is 1.97. The second kappa shape index (κ2) is 10.1. The van der Waals surface area contributed by atoms with Crippen molar-refractivity contribution in [3.8, 4) is 5.75 Å². The number of hydrogen-bond acceptors (Lipinski definition) is 4. The van der Waals surface area contributed by atoms with Crippen molar-refractivity contribution in [1.29, 1.82) is 0 Å². The molecule has 0 atom stereocenters. The van der Waals surface area contributed by atoms with Gasteiger partial charge in [-0.25, -0.2) is 4.98 Å². The first-order chi connectivity index (χ1) is 12.9. The van der Waals surface area contributed by atoms with Gasteiger partial charge in [0.2, 0.25) is 0 Å². The number of aromatic nitrogens is 1. The predicted molar refractivity (Wildman–Crippen MR) is 101 cm³/mol. The minimum atomic E-state index is -4.34. The zero-order chi connectivity index (χ0) is 19.7. The summed E-state index contributed by atoms with van der Waals surface area (Å²) < 4.78 is 41.1. The first kappa shape index (κ1) is 21.0. The molecule has 0 saturated carbocycles. The largest absolute Gasteiger partial charge is 0.484 e. The first-order valence-corrected chi connectivity index (χ1v) is 9.38. The van der Waals surface area contributed by atoms with E-state index in [0.29, 0.717) is 12.5 Å². The average molecular weight is 400 g/mol. The number of alkyl halides is 3. The predicted octanol–water partition coefficient (Wildman–Crippen LogP) is 3.69. The van der Waals surface area contributed by atoms with Crippen molar-refractivity contribution >= 4 is 17.3 Å². The van der Waals surface area contributed by atoms with E-state index in [1.54, 1.807) is 30.5 Å². The van der Waals surface area contributed by atoms with Crippen LogP contribution < -0.4 is 15.4 Å². The number of hydrogen-bond donors (Lipinski definition) is 2. The molecule has 0 aliphatic carbocycles. The summed E-state index contributed by atoms with van der Waals surface area (Å²) in [4.78, 5) is 8.59. The van der Waals surface area contributed by atoms with E-state index in [0.717, 1.165) is 35.7 Å². The normalized spacial score (nSPS) is 12.1. The highest BCUT2D eigenvalue weighted by Crippen LogP contribution is 2.18. The molecule has 0 spiro atoms. The van der Waals surface area contributed by atoms with E-state index in [9.17, 15) is 13.2 Å². The highest BCUT2D eigenvalue weighted by Gasteiger charge is 2.28. The Bertz CT molecular complexity index is 729. The van der Waals surface area contributed by atoms with E-state index in [1.165, 1.54) is 12.1 Å². The van der Waals surface area contributed by atoms with Crippen LogP contribution >= 0.6 is 11.3 Å². The van der Waals surface area contributed by atoms with E-state index < -0.39 is 12.8 Å². The molecule has 27 heavy (non-hydrogen) atoms. The molecule has 0 fully saturated rings. The van der Waals surface area contributed by atoms with Crippen LogP contribution in [0.25, 0.3) is 0 Å². The Hall–Kier alpha value is -2.29. The molecular formula is C18H23F3N4OS. The Labute approximate surface area is 160 Å². The topological polar surface area (TPSA) is 58.5 Å². The van der Waals surface area contributed by atoms with Crippen molar-refractivity contribution < 1.29 is 17.9 Å². The fraction of sp³-hybridized carbons (Fsp3) is 0.444. The lowest BCUT2D eigenvalue weighted by Crippen LogP contribution is -2.37. The number of ether oxygens (including phenoxy) is 1. The number of benzene rings is 1. The van der Waals surface area contributed by atoms with Crippen LogP contribution in [0.15, 0.2) is 34.6 Å². The van der Waals surface area contributed by atoms with E-state index in [-0.39, 0.29) is 5.75 Å². The lowest BCUT2D eigenvalue weighted by Gasteiger charge is -2.12. The summed E-state index contributed by atoms with van der Waals surface area (Å²) in [5, 5.41) is 9.57. The highest BCUT2D eigenvalue weighted by molar-refractivity contribution is 7.09. The molecule has 148 valence electrons. The molecule has 1 aromatic carbocycles. The molecule has 0 bridgehead atoms. The molecule has 0 amide bonds. The van der Waals surface area contributed by atoms with Gasteiger partial charge in [0.1, 0.15) is 5.75 Å². The van der Waals surface area contributed by atoms with Crippen molar-refractivity contribution in [3.63, 3.8) is 0 Å². The second-order valence-corrected chi connectivity index (χ2v) is 6.83. The molecule has 2 aromatic rings. The average Bonchev–Trinajstić information content (AvgIpc) is 3.05. The molecule has 1 heterocycles. The molecule has 5 nitrogen and oxygen atoms in total. The van der Waals surface area contributed by atoms with Gasteiger partial charge in [-0.05, 0) is 31.0 Å². The number of nitrogens with zero attached hydrogens (tertiary/aromatic N) is 2. The van der Waals surface area contributed by atoms with Crippen molar-refractivity contribution in [2.45, 2.75) is 32.5 Å². The van der Waals surface area contributed by atoms with Crippen LogP contribution in [0.3, 0.4) is 0 Å². The zero-order valence-electron chi connectivity index (χ0n) is 15.3. The maximum absolute atomic E-state index is 12.1. The number of halogens is 3. The van der Waals surface area contributed by atoms with E-state index in [2.05, 4.69) is 25.3 Å². The summed E-state index contributed by atoms with van der Waals surface area (Å²) in [5.74, 6) is 0.860. The van der Waals surface area contributed by atoms with Crippen LogP contribution in [0.5, 0.6) is 5.75 Å². The number of guanidine groups is 1. The number of aryl methyl sites for hydroxylation is 2. The molecule has 0 unspecified atom stereocenters. The fourth-order valence-corrected chi connectivity index (χ4v) is 3.06. The van der Waals surface area contributed by atoms with Gasteiger partial charge in [0.15, 0.2) is 12.6 Å². The van der Waals surface area contributed by atoms with Crippen LogP contribution in [0.1, 0.15) is 22.7 Å². The molecule has 9 heteroatoms. The molecule has 2 N–H and O–H groups in total. The number of thiazole rings is 1. The third-order valence-corrected chi connectivity index (χ3v) is 4.56. The summed E-state index contributed by atoms with van der Waals surface area (Å²) in [7, 11) is 1.69. The molecular weight excluding hydrogens is 377 g/mol. The number of rotatable bonds is 8. The Balaban J connectivity index is 1.68. The smallest absolute Gasteiger partial charge is 0.422 e. The third-order valence-electron chi connectivity index (χ3n) is 3.54. The Morgan fingerprint density at radius 2 is 1.96 bits per heavy atom. The summed E-state index contributed by atoms with van der Waals surface area (Å²) in [6.07, 6.45) is -2.47. The standard InChI is InChI=1S/C18H23F3N4OS/c1-13-11-27-16(25-13)4-3-9-23-17(22-2)24-10-14-5-7-15(8-6-14)26-12-18(19,20)21/h5-8,11H,3-4,9-10,12H2,1-2H3,(H2,22,23,24). The third kappa shape index (κ3) is 8.29. The maximum Gasteiger partial charge on any atom is 0.422 e.